The molecular formula is C9H13ClN4O2S. The number of aromatic nitrogens is 2. The van der Waals surface area contributed by atoms with Crippen LogP contribution in [0.1, 0.15) is 12.2 Å². The van der Waals surface area contributed by atoms with Crippen molar-refractivity contribution in [1.82, 2.24) is 9.97 Å². The van der Waals surface area contributed by atoms with Gasteiger partial charge in [0.05, 0.1) is 11.5 Å². The lowest BCUT2D eigenvalue weighted by molar-refractivity contribution is 0.602. The number of rotatable bonds is 2. The minimum absolute atomic E-state index is 0.104. The smallest absolute Gasteiger partial charge is 0.157 e. The van der Waals surface area contributed by atoms with E-state index in [4.69, 9.17) is 17.3 Å². The normalized spacial score (nSPS) is 22.6. The van der Waals surface area contributed by atoms with Crippen LogP contribution in [0.3, 0.4) is 0 Å². The van der Waals surface area contributed by atoms with Gasteiger partial charge >= 0.3 is 0 Å². The molecule has 8 heteroatoms. The summed E-state index contributed by atoms with van der Waals surface area (Å²) in [6.07, 6.45) is 0.558. The van der Waals surface area contributed by atoms with Crippen LogP contribution < -0.4 is 11.1 Å². The minimum Gasteiger partial charge on any atom is -0.393 e. The quantitative estimate of drug-likeness (QED) is 0.769. The molecule has 0 amide bonds. The summed E-state index contributed by atoms with van der Waals surface area (Å²) in [6.45, 7) is 1.70. The van der Waals surface area contributed by atoms with Crippen molar-refractivity contribution >= 4 is 32.9 Å². The van der Waals surface area contributed by atoms with Crippen molar-refractivity contribution in [2.75, 3.05) is 22.6 Å². The molecule has 0 spiro atoms. The number of sulfone groups is 1. The van der Waals surface area contributed by atoms with Crippen molar-refractivity contribution < 1.29 is 8.42 Å². The molecule has 0 bridgehead atoms. The van der Waals surface area contributed by atoms with Crippen LogP contribution in [0.15, 0.2) is 0 Å². The molecule has 0 radical (unpaired) electrons. The zero-order valence-electron chi connectivity index (χ0n) is 9.27. The van der Waals surface area contributed by atoms with E-state index in [-0.39, 0.29) is 28.4 Å². The number of nitrogens with two attached hydrogens (primary N) is 1. The van der Waals surface area contributed by atoms with Crippen molar-refractivity contribution in [1.29, 1.82) is 0 Å². The Balaban J connectivity index is 2.20. The number of nitrogen functional groups attached to an aromatic ring is 1. The molecule has 6 nitrogen and oxygen atoms in total. The second-order valence-corrected chi connectivity index (χ2v) is 6.65. The predicted octanol–water partition coefficient (Wildman–Crippen LogP) is 0.620. The molecule has 2 heterocycles. The van der Waals surface area contributed by atoms with Gasteiger partial charge in [-0.2, -0.15) is 0 Å². The van der Waals surface area contributed by atoms with Crippen LogP contribution in [0.5, 0.6) is 0 Å². The number of halogens is 1. The van der Waals surface area contributed by atoms with Crippen LogP contribution in [-0.4, -0.2) is 35.9 Å². The average molecular weight is 277 g/mol. The Morgan fingerprint density at radius 2 is 2.18 bits per heavy atom. The Kier molecular flexibility index (Phi) is 3.13. The molecule has 0 aromatic carbocycles. The number of hydrogen-bond donors (Lipinski definition) is 2. The molecule has 1 saturated heterocycles. The molecule has 3 N–H and O–H groups in total. The van der Waals surface area contributed by atoms with E-state index in [0.717, 1.165) is 0 Å². The summed E-state index contributed by atoms with van der Waals surface area (Å²) < 4.78 is 22.6. The van der Waals surface area contributed by atoms with Gasteiger partial charge in [-0.3, -0.25) is 0 Å². The van der Waals surface area contributed by atoms with Crippen molar-refractivity contribution in [2.45, 2.75) is 19.4 Å². The predicted molar refractivity (Wildman–Crippen MR) is 66.9 cm³/mol. The molecule has 2 rings (SSSR count). The van der Waals surface area contributed by atoms with Crippen molar-refractivity contribution in [2.24, 2.45) is 0 Å². The van der Waals surface area contributed by atoms with E-state index in [1.807, 2.05) is 0 Å². The maximum Gasteiger partial charge on any atom is 0.157 e. The highest BCUT2D eigenvalue weighted by Gasteiger charge is 2.28. The van der Waals surface area contributed by atoms with E-state index in [1.54, 1.807) is 6.92 Å². The third-order valence-corrected chi connectivity index (χ3v) is 4.64. The number of anilines is 2. The molecule has 1 fully saturated rings. The highest BCUT2D eigenvalue weighted by molar-refractivity contribution is 7.91. The molecule has 1 aromatic rings. The Bertz CT molecular complexity index is 546. The summed E-state index contributed by atoms with van der Waals surface area (Å²) in [5.41, 5.74) is 5.98. The molecule has 94 valence electrons. The number of nitrogens with zero attached hydrogens (tertiary/aromatic N) is 2. The Hall–Kier alpha value is -1.08. The maximum atomic E-state index is 11.3. The van der Waals surface area contributed by atoms with Crippen LogP contribution in [0.25, 0.3) is 0 Å². The summed E-state index contributed by atoms with van der Waals surface area (Å²) in [5, 5.41) is 3.19. The van der Waals surface area contributed by atoms with E-state index < -0.39 is 9.84 Å². The van der Waals surface area contributed by atoms with Gasteiger partial charge in [-0.1, -0.05) is 11.6 Å². The van der Waals surface area contributed by atoms with Gasteiger partial charge in [0.2, 0.25) is 0 Å². The largest absolute Gasteiger partial charge is 0.393 e. The third kappa shape index (κ3) is 2.78. The van der Waals surface area contributed by atoms with E-state index in [9.17, 15) is 8.42 Å². The maximum absolute atomic E-state index is 11.3. The molecule has 0 saturated carbocycles. The number of aryl methyl sites for hydroxylation is 1. The first kappa shape index (κ1) is 12.4. The summed E-state index contributed by atoms with van der Waals surface area (Å²) in [5.74, 6) is 1.20. The van der Waals surface area contributed by atoms with E-state index in [1.165, 1.54) is 0 Å². The lowest BCUT2D eigenvalue weighted by Gasteiger charge is -2.14. The van der Waals surface area contributed by atoms with Crippen LogP contribution in [0, 0.1) is 6.92 Å². The molecule has 1 aliphatic rings. The first-order valence-corrected chi connectivity index (χ1v) is 7.34. The zero-order valence-corrected chi connectivity index (χ0v) is 10.8. The topological polar surface area (TPSA) is 98.0 Å². The molecule has 1 unspecified atom stereocenters. The van der Waals surface area contributed by atoms with E-state index in [2.05, 4.69) is 15.3 Å². The summed E-state index contributed by atoms with van der Waals surface area (Å²) in [4.78, 5) is 8.03. The van der Waals surface area contributed by atoms with Crippen molar-refractivity contribution in [3.63, 3.8) is 0 Å². The number of nitrogens with one attached hydrogen (secondary N) is 1. The van der Waals surface area contributed by atoms with Gasteiger partial charge in [-0.25, -0.2) is 18.4 Å². The average Bonchev–Trinajstić information content (AvgIpc) is 2.54. The van der Waals surface area contributed by atoms with Gasteiger partial charge < -0.3 is 11.1 Å². The highest BCUT2D eigenvalue weighted by Crippen LogP contribution is 2.25. The SMILES string of the molecule is Cc1nc(Cl)c(N)c(NC2CCS(=O)(=O)C2)n1. The fourth-order valence-corrected chi connectivity index (χ4v) is 3.64. The van der Waals surface area contributed by atoms with Crippen molar-refractivity contribution in [3.8, 4) is 0 Å². The third-order valence-electron chi connectivity index (χ3n) is 2.58. The van der Waals surface area contributed by atoms with E-state index >= 15 is 0 Å². The first-order valence-electron chi connectivity index (χ1n) is 5.14. The molecular weight excluding hydrogens is 264 g/mol. The zero-order chi connectivity index (χ0) is 12.6. The summed E-state index contributed by atoms with van der Waals surface area (Å²) >= 11 is 5.83. The molecule has 1 aliphatic heterocycles. The minimum atomic E-state index is -2.93. The molecule has 17 heavy (non-hydrogen) atoms. The van der Waals surface area contributed by atoms with Gasteiger partial charge in [0.25, 0.3) is 0 Å². The van der Waals surface area contributed by atoms with Crippen molar-refractivity contribution in [3.05, 3.63) is 11.0 Å². The van der Waals surface area contributed by atoms with Crippen LogP contribution in [0.2, 0.25) is 5.15 Å². The Labute approximate surface area is 105 Å². The Morgan fingerprint density at radius 1 is 1.47 bits per heavy atom. The standard InChI is InChI=1S/C9H13ClN4O2S/c1-5-12-8(10)7(11)9(13-5)14-6-2-3-17(15,16)4-6/h6H,2-4,11H2,1H3,(H,12,13,14). The lowest BCUT2D eigenvalue weighted by atomic mass is 10.2. The van der Waals surface area contributed by atoms with Crippen LogP contribution in [-0.2, 0) is 9.84 Å². The monoisotopic (exact) mass is 276 g/mol. The summed E-state index contributed by atoms with van der Waals surface area (Å²) in [7, 11) is -2.93. The lowest BCUT2D eigenvalue weighted by Crippen LogP contribution is -2.22. The van der Waals surface area contributed by atoms with Gasteiger partial charge in [-0.15, -0.1) is 0 Å². The number of hydrogen-bond acceptors (Lipinski definition) is 6. The van der Waals surface area contributed by atoms with E-state index in [0.29, 0.717) is 18.1 Å². The van der Waals surface area contributed by atoms with Crippen LogP contribution in [0.4, 0.5) is 11.5 Å². The fourth-order valence-electron chi connectivity index (χ4n) is 1.76. The van der Waals surface area contributed by atoms with Gasteiger partial charge in [0, 0.05) is 6.04 Å². The van der Waals surface area contributed by atoms with Gasteiger partial charge in [0.15, 0.2) is 20.8 Å². The second kappa shape index (κ2) is 4.30. The molecule has 1 aromatic heterocycles. The first-order chi connectivity index (χ1) is 7.87. The van der Waals surface area contributed by atoms with Crippen LogP contribution >= 0.6 is 11.6 Å². The molecule has 1 atom stereocenters. The highest BCUT2D eigenvalue weighted by atomic mass is 35.5. The molecule has 0 aliphatic carbocycles. The fraction of sp³-hybridized carbons (Fsp3) is 0.556. The van der Waals surface area contributed by atoms with Gasteiger partial charge in [-0.05, 0) is 13.3 Å². The second-order valence-electron chi connectivity index (χ2n) is 4.07. The Morgan fingerprint density at radius 3 is 2.76 bits per heavy atom. The summed E-state index contributed by atoms with van der Waals surface area (Å²) in [6, 6.07) is -0.160. The van der Waals surface area contributed by atoms with Gasteiger partial charge in [0.1, 0.15) is 11.5 Å².